The van der Waals surface area contributed by atoms with E-state index in [0.29, 0.717) is 0 Å². The average Bonchev–Trinajstić information content (AvgIpc) is 3.42. The van der Waals surface area contributed by atoms with Crippen LogP contribution in [0.25, 0.3) is 0 Å². The Hall–Kier alpha value is -1.43. The number of nitrogens with one attached hydrogen (secondary N) is 1. The molecule has 2 saturated heterocycles. The number of likely N-dealkylation sites (tertiary alicyclic amines) is 1. The highest BCUT2D eigenvalue weighted by atomic mass is 127. The van der Waals surface area contributed by atoms with E-state index in [9.17, 15) is 4.79 Å². The summed E-state index contributed by atoms with van der Waals surface area (Å²) in [6.45, 7) is 11.1. The number of halogens is 1. The first-order valence-electron chi connectivity index (χ1n) is 10.5. The second-order valence-electron chi connectivity index (χ2n) is 7.50. The monoisotopic (exact) mass is 518 g/mol. The first kappa shape index (κ1) is 23.8. The van der Waals surface area contributed by atoms with Gasteiger partial charge in [-0.1, -0.05) is 6.92 Å². The summed E-state index contributed by atoms with van der Waals surface area (Å²) >= 11 is 0. The minimum Gasteiger partial charge on any atom is -0.354 e. The van der Waals surface area contributed by atoms with Gasteiger partial charge in [0.05, 0.1) is 6.04 Å². The Labute approximate surface area is 190 Å². The molecule has 2 aliphatic rings. The van der Waals surface area contributed by atoms with E-state index in [1.165, 1.54) is 0 Å². The fourth-order valence-corrected chi connectivity index (χ4v) is 4.04. The van der Waals surface area contributed by atoms with Crippen molar-refractivity contribution in [2.75, 3.05) is 52.9 Å². The molecule has 9 nitrogen and oxygen atoms in total. The highest BCUT2D eigenvalue weighted by molar-refractivity contribution is 14.0. The lowest BCUT2D eigenvalue weighted by atomic mass is 10.2. The maximum absolute atomic E-state index is 12.6. The number of aryl methyl sites for hydroxylation is 1. The van der Waals surface area contributed by atoms with E-state index in [2.05, 4.69) is 41.8 Å². The lowest BCUT2D eigenvalue weighted by Crippen LogP contribution is -2.57. The van der Waals surface area contributed by atoms with Crippen molar-refractivity contribution in [2.24, 2.45) is 4.99 Å². The number of aliphatic imine (C=N–C) groups is 1. The highest BCUT2D eigenvalue weighted by Crippen LogP contribution is 2.14. The van der Waals surface area contributed by atoms with Crippen LogP contribution in [0.5, 0.6) is 0 Å². The lowest BCUT2D eigenvalue weighted by molar-refractivity contribution is -0.135. The fraction of sp³-hybridized carbons (Fsp3) is 0.789. The summed E-state index contributed by atoms with van der Waals surface area (Å²) in [5.41, 5.74) is 0. The van der Waals surface area contributed by atoms with Crippen molar-refractivity contribution in [3.8, 4) is 0 Å². The largest absolute Gasteiger partial charge is 0.354 e. The van der Waals surface area contributed by atoms with Gasteiger partial charge in [-0.25, -0.2) is 0 Å². The minimum atomic E-state index is -0.0311. The molecule has 0 aliphatic carbocycles. The van der Waals surface area contributed by atoms with E-state index in [1.807, 2.05) is 18.9 Å². The predicted octanol–water partition coefficient (Wildman–Crippen LogP) is 0.662. The van der Waals surface area contributed by atoms with Crippen LogP contribution in [-0.4, -0.2) is 100 Å². The molecule has 1 amide bonds. The van der Waals surface area contributed by atoms with Gasteiger partial charge in [-0.3, -0.25) is 14.7 Å². The Morgan fingerprint density at radius 2 is 1.86 bits per heavy atom. The zero-order chi connectivity index (χ0) is 19.9. The Morgan fingerprint density at radius 1 is 1.17 bits per heavy atom. The molecule has 0 radical (unpaired) electrons. The number of hydrogen-bond donors (Lipinski definition) is 1. The maximum atomic E-state index is 12.6. The second-order valence-corrected chi connectivity index (χ2v) is 7.50. The molecule has 2 fully saturated rings. The molecule has 3 heterocycles. The number of rotatable bonds is 6. The molecule has 1 aromatic rings. The molecule has 0 aromatic carbocycles. The van der Waals surface area contributed by atoms with Gasteiger partial charge in [0.2, 0.25) is 5.91 Å². The van der Waals surface area contributed by atoms with Crippen molar-refractivity contribution in [3.05, 3.63) is 12.2 Å². The number of nitrogens with zero attached hydrogens (tertiary/aromatic N) is 7. The minimum absolute atomic E-state index is 0. The Bertz CT molecular complexity index is 665. The number of amides is 1. The zero-order valence-electron chi connectivity index (χ0n) is 17.9. The number of carbonyl (C=O) groups is 1. The van der Waals surface area contributed by atoms with Gasteiger partial charge in [-0.05, 0) is 19.8 Å². The quantitative estimate of drug-likeness (QED) is 0.339. The van der Waals surface area contributed by atoms with Gasteiger partial charge in [-0.2, -0.15) is 0 Å². The van der Waals surface area contributed by atoms with Gasteiger partial charge < -0.3 is 19.7 Å². The SMILES string of the molecule is CCc1nncn1CCNC(=NC)N1CCN(C(C)C(=O)N2CCCC2)CC1.I. The third-order valence-corrected chi connectivity index (χ3v) is 5.80. The maximum Gasteiger partial charge on any atom is 0.239 e. The van der Waals surface area contributed by atoms with Crippen LogP contribution in [-0.2, 0) is 17.8 Å². The third kappa shape index (κ3) is 6.03. The van der Waals surface area contributed by atoms with Crippen LogP contribution in [0.15, 0.2) is 11.3 Å². The molecule has 0 saturated carbocycles. The normalized spacial score (nSPS) is 19.2. The van der Waals surface area contributed by atoms with Gasteiger partial charge in [-0.15, -0.1) is 34.2 Å². The van der Waals surface area contributed by atoms with Gasteiger partial charge in [0, 0.05) is 65.8 Å². The van der Waals surface area contributed by atoms with Gasteiger partial charge >= 0.3 is 0 Å². The summed E-state index contributed by atoms with van der Waals surface area (Å²) in [5.74, 6) is 2.21. The van der Waals surface area contributed by atoms with Crippen LogP contribution in [0.3, 0.4) is 0 Å². The summed E-state index contributed by atoms with van der Waals surface area (Å²) in [4.78, 5) is 23.7. The number of aromatic nitrogens is 3. The first-order chi connectivity index (χ1) is 13.6. The number of piperazine rings is 1. The molecule has 1 aromatic heterocycles. The van der Waals surface area contributed by atoms with Crippen LogP contribution >= 0.6 is 24.0 Å². The van der Waals surface area contributed by atoms with E-state index in [1.54, 1.807) is 6.33 Å². The molecule has 2 aliphatic heterocycles. The van der Waals surface area contributed by atoms with E-state index in [4.69, 9.17) is 0 Å². The molecular formula is C19H35IN8O. The van der Waals surface area contributed by atoms with E-state index < -0.39 is 0 Å². The second kappa shape index (κ2) is 11.7. The average molecular weight is 518 g/mol. The van der Waals surface area contributed by atoms with Crippen LogP contribution in [0.2, 0.25) is 0 Å². The van der Waals surface area contributed by atoms with Crippen molar-refractivity contribution in [1.29, 1.82) is 0 Å². The molecular weight excluding hydrogens is 483 g/mol. The van der Waals surface area contributed by atoms with Crippen LogP contribution in [0.4, 0.5) is 0 Å². The molecule has 164 valence electrons. The zero-order valence-corrected chi connectivity index (χ0v) is 20.2. The Kier molecular flexibility index (Phi) is 9.60. The first-order valence-corrected chi connectivity index (χ1v) is 10.5. The molecule has 1 unspecified atom stereocenters. The highest BCUT2D eigenvalue weighted by Gasteiger charge is 2.30. The fourth-order valence-electron chi connectivity index (χ4n) is 4.04. The molecule has 29 heavy (non-hydrogen) atoms. The number of guanidine groups is 1. The van der Waals surface area contributed by atoms with Crippen molar-refractivity contribution in [1.82, 2.24) is 34.8 Å². The van der Waals surface area contributed by atoms with Crippen LogP contribution in [0, 0.1) is 0 Å². The molecule has 1 N–H and O–H groups in total. The van der Waals surface area contributed by atoms with E-state index in [0.717, 1.165) is 83.4 Å². The topological polar surface area (TPSA) is 81.9 Å². The lowest BCUT2D eigenvalue weighted by Gasteiger charge is -2.39. The van der Waals surface area contributed by atoms with Crippen LogP contribution < -0.4 is 5.32 Å². The van der Waals surface area contributed by atoms with Gasteiger partial charge in [0.1, 0.15) is 12.2 Å². The summed E-state index contributed by atoms with van der Waals surface area (Å²) in [5, 5.41) is 11.5. The molecule has 1 atom stereocenters. The summed E-state index contributed by atoms with van der Waals surface area (Å²) in [7, 11) is 1.82. The summed E-state index contributed by atoms with van der Waals surface area (Å²) in [6.07, 6.45) is 4.94. The molecule has 10 heteroatoms. The number of hydrogen-bond acceptors (Lipinski definition) is 5. The van der Waals surface area contributed by atoms with Crippen LogP contribution in [0.1, 0.15) is 32.5 Å². The molecule has 0 spiro atoms. The smallest absolute Gasteiger partial charge is 0.239 e. The van der Waals surface area contributed by atoms with E-state index in [-0.39, 0.29) is 35.9 Å². The summed E-state index contributed by atoms with van der Waals surface area (Å²) in [6, 6.07) is -0.0311. The Balaban J connectivity index is 0.00000300. The Morgan fingerprint density at radius 3 is 2.48 bits per heavy atom. The van der Waals surface area contributed by atoms with E-state index >= 15 is 0 Å². The number of carbonyl (C=O) groups excluding carboxylic acids is 1. The molecule has 3 rings (SSSR count). The van der Waals surface area contributed by atoms with Gasteiger partial charge in [0.15, 0.2) is 5.96 Å². The van der Waals surface area contributed by atoms with Crippen molar-refractivity contribution < 1.29 is 4.79 Å². The predicted molar refractivity (Wildman–Crippen MR) is 125 cm³/mol. The van der Waals surface area contributed by atoms with Crippen molar-refractivity contribution >= 4 is 35.8 Å². The van der Waals surface area contributed by atoms with Crippen molar-refractivity contribution in [2.45, 2.75) is 45.7 Å². The third-order valence-electron chi connectivity index (χ3n) is 5.80. The standard InChI is InChI=1S/C19H34N8O.HI/c1-4-17-23-22-15-27(17)10-7-21-19(20-3)26-13-11-24(12-14-26)16(2)18(28)25-8-5-6-9-25;/h15-16H,4-14H2,1-3H3,(H,20,21);1H. The van der Waals surface area contributed by atoms with Gasteiger partial charge in [0.25, 0.3) is 0 Å². The summed E-state index contributed by atoms with van der Waals surface area (Å²) < 4.78 is 2.07. The van der Waals surface area contributed by atoms with Crippen molar-refractivity contribution in [3.63, 3.8) is 0 Å². The molecule has 0 bridgehead atoms.